The van der Waals surface area contributed by atoms with Crippen molar-refractivity contribution in [3.63, 3.8) is 0 Å². The minimum atomic E-state index is -0.0319. The third-order valence-electron chi connectivity index (χ3n) is 2.84. The molecule has 1 rings (SSSR count). The van der Waals surface area contributed by atoms with Crippen LogP contribution in [0.3, 0.4) is 0 Å². The van der Waals surface area contributed by atoms with E-state index in [4.69, 9.17) is 5.73 Å². The highest BCUT2D eigenvalue weighted by Crippen LogP contribution is 2.06. The average Bonchev–Trinajstić information content (AvgIpc) is 2.35. The summed E-state index contributed by atoms with van der Waals surface area (Å²) in [5.41, 5.74) is 6.26. The fourth-order valence-electron chi connectivity index (χ4n) is 1.57. The van der Waals surface area contributed by atoms with Gasteiger partial charge in [0.05, 0.1) is 11.9 Å². The Labute approximate surface area is 102 Å². The van der Waals surface area contributed by atoms with Crippen LogP contribution in [-0.2, 0) is 6.54 Å². The molecule has 2 N–H and O–H groups in total. The van der Waals surface area contributed by atoms with Crippen molar-refractivity contribution in [1.29, 1.82) is 0 Å². The molecule has 1 heterocycles. The van der Waals surface area contributed by atoms with E-state index in [9.17, 15) is 4.79 Å². The Morgan fingerprint density at radius 1 is 1.41 bits per heavy atom. The Balaban J connectivity index is 2.60. The highest BCUT2D eigenvalue weighted by atomic mass is 16.1. The first-order valence-electron chi connectivity index (χ1n) is 6.17. The molecule has 0 atom stereocenters. The zero-order chi connectivity index (χ0) is 12.7. The monoisotopic (exact) mass is 238 g/mol. The van der Waals surface area contributed by atoms with Crippen molar-refractivity contribution in [3.8, 4) is 0 Å². The van der Waals surface area contributed by atoms with Gasteiger partial charge in [0.15, 0.2) is 0 Å². The normalized spacial score (nSPS) is 10.5. The number of rotatable bonds is 7. The number of aromatic nitrogens is 2. The van der Waals surface area contributed by atoms with E-state index >= 15 is 0 Å². The van der Waals surface area contributed by atoms with Gasteiger partial charge in [0, 0.05) is 26.2 Å². The number of hydrogen-bond donors (Lipinski definition) is 1. The zero-order valence-corrected chi connectivity index (χ0v) is 10.7. The van der Waals surface area contributed by atoms with Gasteiger partial charge in [0.1, 0.15) is 0 Å². The average molecular weight is 238 g/mol. The van der Waals surface area contributed by atoms with Gasteiger partial charge in [-0.25, -0.2) is 4.68 Å². The smallest absolute Gasteiger partial charge is 0.268 e. The fourth-order valence-corrected chi connectivity index (χ4v) is 1.57. The number of nitrogens with two attached hydrogens (primary N) is 1. The zero-order valence-electron chi connectivity index (χ0n) is 10.7. The topological polar surface area (TPSA) is 64.2 Å². The molecule has 0 bridgehead atoms. The van der Waals surface area contributed by atoms with Gasteiger partial charge in [0.25, 0.3) is 5.56 Å². The van der Waals surface area contributed by atoms with Crippen LogP contribution in [0, 0.1) is 0 Å². The highest BCUT2D eigenvalue weighted by Gasteiger charge is 2.02. The Morgan fingerprint density at radius 2 is 2.18 bits per heavy atom. The third kappa shape index (κ3) is 4.19. The van der Waals surface area contributed by atoms with Crippen LogP contribution < -0.4 is 16.2 Å². The second kappa shape index (κ2) is 7.06. The predicted molar refractivity (Wildman–Crippen MR) is 70.3 cm³/mol. The van der Waals surface area contributed by atoms with Crippen molar-refractivity contribution < 1.29 is 0 Å². The molecular weight excluding hydrogens is 216 g/mol. The molecule has 0 saturated carbocycles. The van der Waals surface area contributed by atoms with Crippen LogP contribution >= 0.6 is 0 Å². The van der Waals surface area contributed by atoms with Gasteiger partial charge in [-0.05, 0) is 26.3 Å². The molecule has 0 aromatic carbocycles. The molecule has 0 amide bonds. The van der Waals surface area contributed by atoms with Crippen LogP contribution in [0.4, 0.5) is 5.69 Å². The van der Waals surface area contributed by atoms with Crippen LogP contribution in [0.5, 0.6) is 0 Å². The summed E-state index contributed by atoms with van der Waals surface area (Å²) in [4.78, 5) is 13.8. The maximum Gasteiger partial charge on any atom is 0.268 e. The van der Waals surface area contributed by atoms with E-state index in [2.05, 4.69) is 5.10 Å². The molecule has 17 heavy (non-hydrogen) atoms. The van der Waals surface area contributed by atoms with E-state index in [0.29, 0.717) is 13.1 Å². The number of hydrogen-bond acceptors (Lipinski definition) is 4. The third-order valence-corrected chi connectivity index (χ3v) is 2.84. The maximum atomic E-state index is 11.8. The van der Waals surface area contributed by atoms with Crippen molar-refractivity contribution in [2.45, 2.75) is 32.7 Å². The van der Waals surface area contributed by atoms with Gasteiger partial charge in [-0.2, -0.15) is 5.10 Å². The van der Waals surface area contributed by atoms with Crippen molar-refractivity contribution in [2.24, 2.45) is 5.73 Å². The largest absolute Gasteiger partial charge is 0.373 e. The van der Waals surface area contributed by atoms with Gasteiger partial charge >= 0.3 is 0 Å². The van der Waals surface area contributed by atoms with E-state index in [-0.39, 0.29) is 5.56 Å². The Hall–Kier alpha value is -1.36. The molecule has 0 radical (unpaired) electrons. The molecule has 0 saturated heterocycles. The first-order chi connectivity index (χ1) is 8.19. The number of anilines is 1. The summed E-state index contributed by atoms with van der Waals surface area (Å²) in [5, 5.41) is 4.18. The van der Waals surface area contributed by atoms with Gasteiger partial charge in [-0.15, -0.1) is 0 Å². The van der Waals surface area contributed by atoms with E-state index in [0.717, 1.165) is 31.5 Å². The molecule has 0 aliphatic carbocycles. The summed E-state index contributed by atoms with van der Waals surface area (Å²) in [5.74, 6) is 0. The van der Waals surface area contributed by atoms with E-state index in [1.54, 1.807) is 12.3 Å². The number of aryl methyl sites for hydroxylation is 1. The van der Waals surface area contributed by atoms with Gasteiger partial charge in [-0.1, -0.05) is 6.42 Å². The molecule has 0 aliphatic rings. The quantitative estimate of drug-likeness (QED) is 0.715. The maximum absolute atomic E-state index is 11.8. The van der Waals surface area contributed by atoms with E-state index < -0.39 is 0 Å². The molecule has 1 aromatic heterocycles. The summed E-state index contributed by atoms with van der Waals surface area (Å²) in [6, 6.07) is 1.64. The van der Waals surface area contributed by atoms with Crippen molar-refractivity contribution in [1.82, 2.24) is 9.78 Å². The highest BCUT2D eigenvalue weighted by molar-refractivity contribution is 5.41. The Morgan fingerprint density at radius 3 is 2.76 bits per heavy atom. The molecule has 5 heteroatoms. The van der Waals surface area contributed by atoms with E-state index in [1.807, 2.05) is 18.9 Å². The molecule has 0 fully saturated rings. The van der Waals surface area contributed by atoms with Crippen LogP contribution in [0.25, 0.3) is 0 Å². The van der Waals surface area contributed by atoms with Crippen molar-refractivity contribution >= 4 is 5.69 Å². The second-order valence-electron chi connectivity index (χ2n) is 4.14. The summed E-state index contributed by atoms with van der Waals surface area (Å²) in [6.45, 7) is 4.29. The summed E-state index contributed by atoms with van der Waals surface area (Å²) in [7, 11) is 1.95. The van der Waals surface area contributed by atoms with E-state index in [1.165, 1.54) is 4.68 Å². The van der Waals surface area contributed by atoms with Gasteiger partial charge in [0.2, 0.25) is 0 Å². The number of nitrogens with zero attached hydrogens (tertiary/aromatic N) is 3. The van der Waals surface area contributed by atoms with Gasteiger partial charge in [-0.3, -0.25) is 4.79 Å². The SMILES string of the molecule is CCN(C)c1cnn(CCCCCN)c(=O)c1. The first-order valence-corrected chi connectivity index (χ1v) is 6.17. The Bertz CT molecular complexity index is 388. The molecule has 96 valence electrons. The van der Waals surface area contributed by atoms with Crippen LogP contribution in [0.1, 0.15) is 26.2 Å². The lowest BCUT2D eigenvalue weighted by Crippen LogP contribution is -2.25. The first kappa shape index (κ1) is 13.7. The molecule has 0 unspecified atom stereocenters. The van der Waals surface area contributed by atoms with Crippen LogP contribution in [0.15, 0.2) is 17.1 Å². The Kier molecular flexibility index (Phi) is 5.69. The lowest BCUT2D eigenvalue weighted by atomic mass is 10.2. The van der Waals surface area contributed by atoms with Gasteiger partial charge < -0.3 is 10.6 Å². The summed E-state index contributed by atoms with van der Waals surface area (Å²) in [6.07, 6.45) is 4.74. The second-order valence-corrected chi connectivity index (χ2v) is 4.14. The summed E-state index contributed by atoms with van der Waals surface area (Å²) >= 11 is 0. The minimum absolute atomic E-state index is 0.0319. The van der Waals surface area contributed by atoms with Crippen LogP contribution in [0.2, 0.25) is 0 Å². The molecule has 1 aromatic rings. The fraction of sp³-hybridized carbons (Fsp3) is 0.667. The predicted octanol–water partition coefficient (Wildman–Crippen LogP) is 0.828. The lowest BCUT2D eigenvalue weighted by molar-refractivity contribution is 0.523. The lowest BCUT2D eigenvalue weighted by Gasteiger charge is -2.16. The molecule has 0 spiro atoms. The molecule has 0 aliphatic heterocycles. The standard InChI is InChI=1S/C12H22N4O/c1-3-15(2)11-9-12(17)16(14-10-11)8-6-4-5-7-13/h9-10H,3-8,13H2,1-2H3. The molecule has 5 nitrogen and oxygen atoms in total. The van der Waals surface area contributed by atoms with Crippen LogP contribution in [-0.4, -0.2) is 29.9 Å². The molecular formula is C12H22N4O. The summed E-state index contributed by atoms with van der Waals surface area (Å²) < 4.78 is 1.52. The number of unbranched alkanes of at least 4 members (excludes halogenated alkanes) is 2. The van der Waals surface area contributed by atoms with Crippen molar-refractivity contribution in [3.05, 3.63) is 22.6 Å². The van der Waals surface area contributed by atoms with Crippen molar-refractivity contribution in [2.75, 3.05) is 25.0 Å². The minimum Gasteiger partial charge on any atom is -0.373 e.